The number of aromatic amines is 1. The molecular formula is C21H22F2N8O9P2S3. The van der Waals surface area contributed by atoms with E-state index in [9.17, 15) is 19.4 Å². The number of nitrogen functional groups attached to an aromatic ring is 1. The number of imidazole rings is 2. The summed E-state index contributed by atoms with van der Waals surface area (Å²) in [5.41, 5.74) is 5.03. The highest BCUT2D eigenvalue weighted by molar-refractivity contribution is 8.07. The predicted molar refractivity (Wildman–Crippen MR) is 161 cm³/mol. The molecule has 7 rings (SSSR count). The quantitative estimate of drug-likeness (QED) is 0.273. The summed E-state index contributed by atoms with van der Waals surface area (Å²) in [7, 11) is 0. The zero-order valence-corrected chi connectivity index (χ0v) is 26.6. The zero-order valence-electron chi connectivity index (χ0n) is 22.4. The van der Waals surface area contributed by atoms with Crippen LogP contribution in [-0.4, -0.2) is 100.0 Å². The summed E-state index contributed by atoms with van der Waals surface area (Å²) in [4.78, 5) is 65.2. The molecule has 24 heteroatoms. The Morgan fingerprint density at radius 3 is 2.53 bits per heavy atom. The van der Waals surface area contributed by atoms with Crippen molar-refractivity contribution in [1.29, 1.82) is 0 Å². The van der Waals surface area contributed by atoms with Gasteiger partial charge in [0.05, 0.1) is 31.1 Å². The van der Waals surface area contributed by atoms with E-state index in [4.69, 9.17) is 52.2 Å². The molecule has 2 unspecified atom stereocenters. The van der Waals surface area contributed by atoms with E-state index in [0.29, 0.717) is 0 Å². The summed E-state index contributed by atoms with van der Waals surface area (Å²) in [5.74, 6) is -0.478. The summed E-state index contributed by atoms with van der Waals surface area (Å²) in [6, 6.07) is 0. The number of aliphatic imine (C=N–C) groups is 1. The minimum atomic E-state index is -4.29. The molecule has 3 aromatic heterocycles. The van der Waals surface area contributed by atoms with Gasteiger partial charge in [0.1, 0.15) is 29.9 Å². The van der Waals surface area contributed by atoms with Gasteiger partial charge < -0.3 is 29.3 Å². The van der Waals surface area contributed by atoms with Crippen LogP contribution < -0.4 is 11.3 Å². The molecule has 4 aliphatic rings. The number of ketones is 1. The Hall–Kier alpha value is -2.07. The number of aromatic nitrogens is 6. The van der Waals surface area contributed by atoms with Crippen LogP contribution in [0.4, 0.5) is 20.5 Å². The van der Waals surface area contributed by atoms with E-state index in [2.05, 4.69) is 24.9 Å². The smallest absolute Gasteiger partial charge is 0.325 e. The lowest BCUT2D eigenvalue weighted by molar-refractivity contribution is -0.0448. The number of nitrogens with two attached hydrogens (primary N) is 1. The van der Waals surface area contributed by atoms with Gasteiger partial charge >= 0.3 is 13.4 Å². The Labute approximate surface area is 265 Å². The molecule has 10 atom stereocenters. The van der Waals surface area contributed by atoms with Crippen molar-refractivity contribution in [2.75, 3.05) is 18.9 Å². The normalized spacial score (nSPS) is 38.8. The highest BCUT2D eigenvalue weighted by atomic mass is 32.5. The van der Waals surface area contributed by atoms with Gasteiger partial charge in [0.2, 0.25) is 5.95 Å². The number of fused-ring (bicyclic) bond motifs is 5. The predicted octanol–water partition coefficient (Wildman–Crippen LogP) is 1.33. The van der Waals surface area contributed by atoms with Gasteiger partial charge in [-0.05, 0) is 23.6 Å². The molecule has 2 bridgehead atoms. The average molecular weight is 727 g/mol. The number of hydrogen-bond donors (Lipinski definition) is 4. The molecule has 0 radical (unpaired) electrons. The van der Waals surface area contributed by atoms with E-state index < -0.39 is 79.7 Å². The number of nitrogens with one attached hydrogen (secondary N) is 1. The Kier molecular flexibility index (Phi) is 8.10. The van der Waals surface area contributed by atoms with Gasteiger partial charge in [0.15, 0.2) is 40.9 Å². The minimum Gasteiger partial charge on any atom is -0.369 e. The molecule has 0 aromatic carbocycles. The van der Waals surface area contributed by atoms with E-state index in [-0.39, 0.29) is 40.8 Å². The molecule has 17 nitrogen and oxygen atoms in total. The van der Waals surface area contributed by atoms with Gasteiger partial charge in [-0.15, -0.1) is 11.8 Å². The summed E-state index contributed by atoms with van der Waals surface area (Å²) in [5, 5.41) is -2.13. The molecular weight excluding hydrogens is 704 g/mol. The summed E-state index contributed by atoms with van der Waals surface area (Å²) < 4.78 is 62.5. The largest absolute Gasteiger partial charge is 0.369 e. The van der Waals surface area contributed by atoms with Crippen molar-refractivity contribution in [2.24, 2.45) is 4.99 Å². The third kappa shape index (κ3) is 5.74. The fourth-order valence-electron chi connectivity index (χ4n) is 5.35. The highest BCUT2D eigenvalue weighted by Gasteiger charge is 2.53. The number of hydrogen-bond acceptors (Lipinski definition) is 15. The molecule has 3 saturated heterocycles. The lowest BCUT2D eigenvalue weighted by Gasteiger charge is -2.27. The number of ether oxygens (including phenoxy) is 1. The van der Waals surface area contributed by atoms with Crippen molar-refractivity contribution in [3.63, 3.8) is 0 Å². The van der Waals surface area contributed by atoms with Crippen molar-refractivity contribution >= 4 is 83.7 Å². The molecule has 0 spiro atoms. The second-order valence-corrected chi connectivity index (χ2v) is 17.2. The van der Waals surface area contributed by atoms with Crippen LogP contribution in [0.15, 0.2) is 22.4 Å². The number of thioether (sulfide) groups is 1. The van der Waals surface area contributed by atoms with E-state index in [1.165, 1.54) is 28.0 Å². The Balaban J connectivity index is 1.20. The minimum absolute atomic E-state index is 0.00922. The van der Waals surface area contributed by atoms with E-state index in [0.717, 1.165) is 11.8 Å². The van der Waals surface area contributed by atoms with E-state index >= 15 is 8.78 Å². The van der Waals surface area contributed by atoms with E-state index in [1.54, 1.807) is 0 Å². The first-order valence-electron chi connectivity index (χ1n) is 13.1. The summed E-state index contributed by atoms with van der Waals surface area (Å²) >= 11 is 11.3. The average Bonchev–Trinajstić information content (AvgIpc) is 3.72. The van der Waals surface area contributed by atoms with Crippen molar-refractivity contribution in [3.8, 4) is 0 Å². The molecule has 45 heavy (non-hydrogen) atoms. The lowest BCUT2D eigenvalue weighted by Crippen LogP contribution is -2.34. The number of anilines is 1. The van der Waals surface area contributed by atoms with Gasteiger partial charge in [-0.3, -0.25) is 32.8 Å². The van der Waals surface area contributed by atoms with Gasteiger partial charge in [-0.2, -0.15) is 4.98 Å². The maximum atomic E-state index is 16.0. The zero-order chi connectivity index (χ0) is 31.8. The first kappa shape index (κ1) is 31.5. The van der Waals surface area contributed by atoms with Crippen LogP contribution in [-0.2, 0) is 46.4 Å². The number of carbonyl (C=O) groups excluding carboxylic acids is 1. The van der Waals surface area contributed by atoms with Crippen molar-refractivity contribution in [2.45, 2.75) is 53.9 Å². The van der Waals surface area contributed by atoms with Crippen LogP contribution in [0.2, 0.25) is 0 Å². The lowest BCUT2D eigenvalue weighted by atomic mass is 10.1. The summed E-state index contributed by atoms with van der Waals surface area (Å²) in [6.07, 6.45) is -6.09. The number of rotatable bonds is 2. The van der Waals surface area contributed by atoms with Crippen LogP contribution >= 0.6 is 25.2 Å². The Morgan fingerprint density at radius 2 is 1.76 bits per heavy atom. The van der Waals surface area contributed by atoms with Gasteiger partial charge in [-0.1, -0.05) is 0 Å². The molecule has 0 amide bonds. The topological polar surface area (TPSA) is 223 Å². The molecule has 3 aromatic rings. The van der Waals surface area contributed by atoms with Gasteiger partial charge in [0.25, 0.3) is 5.56 Å². The van der Waals surface area contributed by atoms with Crippen LogP contribution in [0.1, 0.15) is 28.5 Å². The highest BCUT2D eigenvalue weighted by Crippen LogP contribution is 2.57. The second-order valence-electron chi connectivity index (χ2n) is 10.2. The molecule has 242 valence electrons. The van der Waals surface area contributed by atoms with Crippen molar-refractivity contribution in [1.82, 2.24) is 29.1 Å². The number of Topliss-reactive ketones (excluding diaryl/α,β-unsaturated/α-hetero) is 1. The SMILES string of the molecule is Nc1nc2c(ncn2[C@@H]2S[C@@H]3COP(O)(=S)O[C@H]4[C@H](F)[C@H](n5cnc6c5N=CCC6=O)O[C@@H]4COP(O)(=S)O[C@@H]2[C@H]3F)c(=O)[nH]1. The van der Waals surface area contributed by atoms with E-state index in [1.807, 2.05) is 0 Å². The molecule has 4 aliphatic heterocycles. The van der Waals surface area contributed by atoms with Gasteiger partial charge in [0, 0.05) is 12.6 Å². The van der Waals surface area contributed by atoms with Crippen molar-refractivity contribution < 1.29 is 46.2 Å². The molecule has 3 fully saturated rings. The maximum absolute atomic E-state index is 16.0. The first-order chi connectivity index (χ1) is 21.3. The number of halogens is 2. The van der Waals surface area contributed by atoms with Crippen LogP contribution in [0, 0.1) is 0 Å². The molecule has 0 saturated carbocycles. The first-order valence-corrected chi connectivity index (χ1v) is 19.2. The fraction of sp³-hybridized carbons (Fsp3) is 0.524. The molecule has 5 N–H and O–H groups in total. The standard InChI is InChI=1S/C21H22F2N8O9P2S3/c22-10-9-4-37-42(35,44)39-14-8(38-19(11(14)23)30-5-26-12-7(32)1-2-25-16(12)30)3-36-41(34,43)40-15(10)20(45-9)31-6-27-13-17(31)28-21(24)29-18(13)33/h2,5-6,8-11,14-15,19-20H,1,3-4H2,(H,34,43)(H,35,44)(H3,24,28,29,33)/t8-,9-,10+,11+,14-,15-,19-,20-,41?,42?/m1/s1. The number of carbonyl (C=O) groups is 1. The maximum Gasteiger partial charge on any atom is 0.325 e. The van der Waals surface area contributed by atoms with Crippen LogP contribution in [0.5, 0.6) is 0 Å². The second kappa shape index (κ2) is 11.6. The fourth-order valence-corrected chi connectivity index (χ4v) is 9.86. The molecule has 7 heterocycles. The number of nitrogens with zero attached hydrogens (tertiary/aromatic N) is 6. The van der Waals surface area contributed by atoms with Crippen molar-refractivity contribution in [3.05, 3.63) is 28.7 Å². The van der Waals surface area contributed by atoms with Gasteiger partial charge in [-0.25, -0.2) is 23.7 Å². The number of alkyl halides is 2. The van der Waals surface area contributed by atoms with Crippen LogP contribution in [0.3, 0.4) is 0 Å². The monoisotopic (exact) mass is 726 g/mol. The summed E-state index contributed by atoms with van der Waals surface area (Å²) in [6.45, 7) is -9.73. The Bertz CT molecular complexity index is 1880. The molecule has 0 aliphatic carbocycles. The van der Waals surface area contributed by atoms with Crippen LogP contribution in [0.25, 0.3) is 11.2 Å². The third-order valence-electron chi connectivity index (χ3n) is 7.37. The number of H-pyrrole nitrogens is 1. The Morgan fingerprint density at radius 1 is 1.04 bits per heavy atom. The third-order valence-corrected chi connectivity index (χ3v) is 12.0.